The maximum Gasteiger partial charge on any atom is 0.247 e. The van der Waals surface area contributed by atoms with E-state index in [0.29, 0.717) is 35.2 Å². The molecule has 0 saturated heterocycles. The van der Waals surface area contributed by atoms with Gasteiger partial charge in [-0.25, -0.2) is 0 Å². The number of nitrogens with zero attached hydrogens (tertiary/aromatic N) is 1. The molecule has 1 N–H and O–H groups in total. The van der Waals surface area contributed by atoms with E-state index in [1.54, 1.807) is 25.3 Å². The second-order valence-corrected chi connectivity index (χ2v) is 9.95. The first-order chi connectivity index (χ1) is 18.5. The van der Waals surface area contributed by atoms with Crippen LogP contribution in [0.1, 0.15) is 57.1 Å². The first-order valence-electron chi connectivity index (χ1n) is 13.4. The van der Waals surface area contributed by atoms with Crippen molar-refractivity contribution in [2.75, 3.05) is 32.7 Å². The van der Waals surface area contributed by atoms with E-state index in [2.05, 4.69) is 5.32 Å². The van der Waals surface area contributed by atoms with Crippen LogP contribution >= 0.6 is 11.6 Å². The van der Waals surface area contributed by atoms with E-state index in [9.17, 15) is 9.59 Å². The Morgan fingerprint density at radius 3 is 2.58 bits per heavy atom. The van der Waals surface area contributed by atoms with Crippen molar-refractivity contribution < 1.29 is 28.5 Å². The number of carbonyl (C=O) groups is 2. The number of benzene rings is 2. The fourth-order valence-electron chi connectivity index (χ4n) is 4.99. The molecule has 0 radical (unpaired) electrons. The van der Waals surface area contributed by atoms with Gasteiger partial charge in [0.2, 0.25) is 11.8 Å². The molecule has 206 valence electrons. The molecule has 0 unspecified atom stereocenters. The normalized spacial score (nSPS) is 17.8. The quantitative estimate of drug-likeness (QED) is 0.406. The van der Waals surface area contributed by atoms with E-state index in [1.165, 1.54) is 11.3 Å². The smallest absolute Gasteiger partial charge is 0.247 e. The van der Waals surface area contributed by atoms with E-state index < -0.39 is 12.1 Å². The summed E-state index contributed by atoms with van der Waals surface area (Å²) >= 11 is 6.07. The van der Waals surface area contributed by atoms with Crippen LogP contribution in [0.2, 0.25) is 0 Å². The molecule has 8 nitrogen and oxygen atoms in total. The first kappa shape index (κ1) is 27.9. The monoisotopic (exact) mass is 544 g/mol. The van der Waals surface area contributed by atoms with Crippen LogP contribution in [0.15, 0.2) is 42.5 Å². The highest BCUT2D eigenvalue weighted by molar-refractivity contribution is 6.27. The number of ether oxygens (including phenoxy) is 4. The van der Waals surface area contributed by atoms with Crippen molar-refractivity contribution in [2.24, 2.45) is 0 Å². The standard InChI is InChI=1S/C29H37ClN2O6/c1-3-15-36-24-14-13-20(16-26(24)35-2)28(29(34)31-21-9-5-4-6-10-21)32(27(33)17-30)18-22-19-37-23-11-7-8-12-25(23)38-22/h7-8,11-14,16,21-22,28H,3-6,9-10,15,17-19H2,1-2H3,(H,31,34)/t22-,28+/m1/s1. The SMILES string of the molecule is CCCOc1ccc([C@@H](C(=O)NC2CCCCC2)N(C[C@@H]2COc3ccccc3O2)C(=O)CCl)cc1OC. The van der Waals surface area contributed by atoms with E-state index in [0.717, 1.165) is 32.1 Å². The van der Waals surface area contributed by atoms with Gasteiger partial charge in [0.25, 0.3) is 0 Å². The lowest BCUT2D eigenvalue weighted by molar-refractivity contribution is -0.141. The van der Waals surface area contributed by atoms with Gasteiger partial charge in [-0.1, -0.05) is 44.4 Å². The molecular formula is C29H37ClN2O6. The fourth-order valence-corrected chi connectivity index (χ4v) is 5.14. The lowest BCUT2D eigenvalue weighted by atomic mass is 9.94. The minimum atomic E-state index is -0.932. The highest BCUT2D eigenvalue weighted by Gasteiger charge is 2.36. The number of hydrogen-bond donors (Lipinski definition) is 1. The molecule has 38 heavy (non-hydrogen) atoms. The molecule has 1 aliphatic heterocycles. The fraction of sp³-hybridized carbons (Fsp3) is 0.517. The number of alkyl halides is 1. The highest BCUT2D eigenvalue weighted by atomic mass is 35.5. The first-order valence-corrected chi connectivity index (χ1v) is 13.9. The Labute approximate surface area is 229 Å². The molecule has 2 atom stereocenters. The van der Waals surface area contributed by atoms with Crippen LogP contribution in [0.5, 0.6) is 23.0 Å². The molecule has 0 bridgehead atoms. The Kier molecular flexibility index (Phi) is 9.98. The maximum atomic E-state index is 13.9. The zero-order chi connectivity index (χ0) is 26.9. The zero-order valence-electron chi connectivity index (χ0n) is 22.1. The third kappa shape index (κ3) is 6.84. The van der Waals surface area contributed by atoms with Crippen LogP contribution in [0.25, 0.3) is 0 Å². The van der Waals surface area contributed by atoms with Gasteiger partial charge in [-0.2, -0.15) is 0 Å². The molecule has 4 rings (SSSR count). The maximum absolute atomic E-state index is 13.9. The van der Waals surface area contributed by atoms with Gasteiger partial charge < -0.3 is 29.2 Å². The van der Waals surface area contributed by atoms with Gasteiger partial charge >= 0.3 is 0 Å². The summed E-state index contributed by atoms with van der Waals surface area (Å²) < 4.78 is 23.4. The number of halogens is 1. The minimum absolute atomic E-state index is 0.0712. The van der Waals surface area contributed by atoms with Crippen LogP contribution in [0.3, 0.4) is 0 Å². The van der Waals surface area contributed by atoms with Gasteiger partial charge in [-0.05, 0) is 49.1 Å². The third-order valence-corrected chi connectivity index (χ3v) is 7.11. The number of amides is 2. The van der Waals surface area contributed by atoms with Crippen LogP contribution in [0.4, 0.5) is 0 Å². The lowest BCUT2D eigenvalue weighted by Gasteiger charge is -2.36. The molecule has 2 amide bonds. The molecule has 1 aliphatic carbocycles. The summed E-state index contributed by atoms with van der Waals surface area (Å²) in [6.45, 7) is 2.93. The Morgan fingerprint density at radius 1 is 1.11 bits per heavy atom. The molecule has 0 aromatic heterocycles. The summed E-state index contributed by atoms with van der Waals surface area (Å²) in [4.78, 5) is 28.6. The van der Waals surface area contributed by atoms with Crippen LogP contribution in [-0.4, -0.2) is 61.6 Å². The average Bonchev–Trinajstić information content (AvgIpc) is 2.96. The van der Waals surface area contributed by atoms with E-state index in [4.69, 9.17) is 30.5 Å². The van der Waals surface area contributed by atoms with Gasteiger partial charge in [0, 0.05) is 6.04 Å². The Hall–Kier alpha value is -3.13. The molecule has 1 heterocycles. The Balaban J connectivity index is 1.65. The molecule has 2 aliphatic rings. The van der Waals surface area contributed by atoms with Gasteiger partial charge in [-0.15, -0.1) is 11.6 Å². The molecule has 9 heteroatoms. The van der Waals surface area contributed by atoms with Crippen molar-refractivity contribution in [3.63, 3.8) is 0 Å². The number of methoxy groups -OCH3 is 1. The highest BCUT2D eigenvalue weighted by Crippen LogP contribution is 2.35. The Bertz CT molecular complexity index is 1090. The number of carbonyl (C=O) groups excluding carboxylic acids is 2. The van der Waals surface area contributed by atoms with E-state index in [1.807, 2.05) is 31.2 Å². The molecule has 1 saturated carbocycles. The van der Waals surface area contributed by atoms with Crippen LogP contribution in [-0.2, 0) is 9.59 Å². The summed E-state index contributed by atoms with van der Waals surface area (Å²) in [5, 5.41) is 3.20. The lowest BCUT2D eigenvalue weighted by Crippen LogP contribution is -2.51. The van der Waals surface area contributed by atoms with Crippen molar-refractivity contribution in [1.29, 1.82) is 0 Å². The molecule has 2 aromatic carbocycles. The van der Waals surface area contributed by atoms with Crippen molar-refractivity contribution >= 4 is 23.4 Å². The van der Waals surface area contributed by atoms with Crippen LogP contribution in [0, 0.1) is 0 Å². The topological polar surface area (TPSA) is 86.3 Å². The predicted molar refractivity (Wildman–Crippen MR) is 145 cm³/mol. The van der Waals surface area contributed by atoms with Crippen molar-refractivity contribution in [2.45, 2.75) is 63.6 Å². The summed E-state index contributed by atoms with van der Waals surface area (Å²) in [5.41, 5.74) is 0.606. The summed E-state index contributed by atoms with van der Waals surface area (Å²) in [7, 11) is 1.56. The van der Waals surface area contributed by atoms with E-state index in [-0.39, 0.29) is 36.9 Å². The summed E-state index contributed by atoms with van der Waals surface area (Å²) in [6, 6.07) is 11.9. The van der Waals surface area contributed by atoms with E-state index >= 15 is 0 Å². The second-order valence-electron chi connectivity index (χ2n) is 9.68. The summed E-state index contributed by atoms with van der Waals surface area (Å²) in [6.07, 6.45) is 5.53. The Morgan fingerprint density at radius 2 is 1.87 bits per heavy atom. The largest absolute Gasteiger partial charge is 0.493 e. The molecule has 0 spiro atoms. The van der Waals surface area contributed by atoms with Gasteiger partial charge in [0.15, 0.2) is 29.1 Å². The van der Waals surface area contributed by atoms with Gasteiger partial charge in [0.05, 0.1) is 20.3 Å². The molecule has 1 fully saturated rings. The average molecular weight is 545 g/mol. The van der Waals surface area contributed by atoms with Gasteiger partial charge in [0.1, 0.15) is 18.5 Å². The minimum Gasteiger partial charge on any atom is -0.493 e. The molecule has 2 aromatic rings. The zero-order valence-corrected chi connectivity index (χ0v) is 22.9. The van der Waals surface area contributed by atoms with Crippen molar-refractivity contribution in [3.05, 3.63) is 48.0 Å². The van der Waals surface area contributed by atoms with Crippen LogP contribution < -0.4 is 24.3 Å². The number of nitrogens with one attached hydrogen (secondary N) is 1. The number of para-hydroxylation sites is 2. The third-order valence-electron chi connectivity index (χ3n) is 6.88. The summed E-state index contributed by atoms with van der Waals surface area (Å²) in [5.74, 6) is 1.44. The number of hydrogen-bond acceptors (Lipinski definition) is 6. The number of fused-ring (bicyclic) bond motifs is 1. The second kappa shape index (κ2) is 13.6. The predicted octanol–water partition coefficient (Wildman–Crippen LogP) is 4.88. The van der Waals surface area contributed by atoms with Crippen molar-refractivity contribution in [3.8, 4) is 23.0 Å². The molecular weight excluding hydrogens is 508 g/mol. The van der Waals surface area contributed by atoms with Crippen molar-refractivity contribution in [1.82, 2.24) is 10.2 Å². The number of rotatable bonds is 11. The van der Waals surface area contributed by atoms with Gasteiger partial charge in [-0.3, -0.25) is 9.59 Å².